The summed E-state index contributed by atoms with van der Waals surface area (Å²) in [6, 6.07) is 63.3. The lowest BCUT2D eigenvalue weighted by molar-refractivity contribution is 0.617. The smallest absolute Gasteiger partial charge is 0.227 e. The Morgan fingerprint density at radius 2 is 1.08 bits per heavy atom. The molecule has 0 atom stereocenters. The minimum Gasteiger partial charge on any atom is -0.456 e. The summed E-state index contributed by atoms with van der Waals surface area (Å²) in [5.41, 5.74) is 11.3. The maximum Gasteiger partial charge on any atom is 0.227 e. The summed E-state index contributed by atoms with van der Waals surface area (Å²) in [5, 5.41) is 4.39. The second kappa shape index (κ2) is 11.9. The van der Waals surface area contributed by atoms with Gasteiger partial charge in [-0.2, -0.15) is 0 Å². The van der Waals surface area contributed by atoms with Gasteiger partial charge in [0, 0.05) is 28.3 Å². The molecule has 0 aliphatic carbocycles. The first kappa shape index (κ1) is 29.0. The molecule has 0 aliphatic rings. The van der Waals surface area contributed by atoms with Crippen LogP contribution in [-0.4, -0.2) is 4.98 Å². The molecule has 0 bridgehead atoms. The summed E-state index contributed by atoms with van der Waals surface area (Å²) in [6.07, 6.45) is 0. The van der Waals surface area contributed by atoms with Gasteiger partial charge in [-0.1, -0.05) is 133 Å². The SMILES string of the molecule is c1ccc(-c2ccc(N(c3ccccc3-c3ccc4ccccc4c3)c3c4nc(-c5ccccc5)oc4cc4oc5ccccc5c34)cc2)cc1. The Morgan fingerprint density at radius 1 is 0.431 bits per heavy atom. The standard InChI is InChI=1S/C47H30N2O2/c1-3-13-31(14-4-1)33-25-27-37(28-26-33)49(40-21-11-9-19-38(40)36-24-23-32-15-7-8-18-35(32)29-36)46-44-39-20-10-12-22-41(39)50-42(44)30-43-45(46)48-47(51-43)34-16-5-2-6-17-34/h1-30H. The summed E-state index contributed by atoms with van der Waals surface area (Å²) in [6.45, 7) is 0. The molecule has 10 aromatic rings. The first-order valence-electron chi connectivity index (χ1n) is 17.1. The number of nitrogens with zero attached hydrogens (tertiary/aromatic N) is 2. The molecular formula is C47H30N2O2. The van der Waals surface area contributed by atoms with Crippen LogP contribution in [0.15, 0.2) is 191 Å². The van der Waals surface area contributed by atoms with Crippen molar-refractivity contribution in [1.29, 1.82) is 0 Å². The molecule has 4 heteroatoms. The van der Waals surface area contributed by atoms with E-state index < -0.39 is 0 Å². The number of rotatable bonds is 6. The quantitative estimate of drug-likeness (QED) is 0.179. The maximum atomic E-state index is 6.56. The molecule has 0 amide bonds. The van der Waals surface area contributed by atoms with E-state index in [-0.39, 0.29) is 0 Å². The van der Waals surface area contributed by atoms with Gasteiger partial charge in [-0.15, -0.1) is 0 Å². The molecule has 0 aliphatic heterocycles. The molecule has 0 saturated carbocycles. The molecule has 240 valence electrons. The number of fused-ring (bicyclic) bond motifs is 5. The van der Waals surface area contributed by atoms with E-state index >= 15 is 0 Å². The largest absolute Gasteiger partial charge is 0.456 e. The second-order valence-corrected chi connectivity index (χ2v) is 12.8. The predicted molar refractivity (Wildman–Crippen MR) is 210 cm³/mol. The van der Waals surface area contributed by atoms with Crippen LogP contribution >= 0.6 is 0 Å². The fraction of sp³-hybridized carbons (Fsp3) is 0. The number of benzene rings is 8. The minimum atomic E-state index is 0.561. The Balaban J connectivity index is 1.29. The van der Waals surface area contributed by atoms with Crippen LogP contribution in [0.25, 0.3) is 77.5 Å². The number of aromatic nitrogens is 1. The lowest BCUT2D eigenvalue weighted by Gasteiger charge is -2.29. The number of hydrogen-bond donors (Lipinski definition) is 0. The summed E-state index contributed by atoms with van der Waals surface area (Å²) in [5.74, 6) is 0.561. The number of oxazole rings is 1. The van der Waals surface area contributed by atoms with Gasteiger partial charge in [-0.3, -0.25) is 0 Å². The number of furan rings is 1. The van der Waals surface area contributed by atoms with Crippen molar-refractivity contribution in [3.8, 4) is 33.7 Å². The van der Waals surface area contributed by atoms with Crippen molar-refractivity contribution in [3.05, 3.63) is 182 Å². The third kappa shape index (κ3) is 4.96. The van der Waals surface area contributed by atoms with Crippen molar-refractivity contribution in [1.82, 2.24) is 4.98 Å². The summed E-state index contributed by atoms with van der Waals surface area (Å²) < 4.78 is 13.1. The normalized spacial score (nSPS) is 11.5. The Hall–Kier alpha value is -6.91. The highest BCUT2D eigenvalue weighted by Gasteiger charge is 2.27. The van der Waals surface area contributed by atoms with Gasteiger partial charge >= 0.3 is 0 Å². The molecule has 4 nitrogen and oxygen atoms in total. The molecule has 0 unspecified atom stereocenters. The molecule has 0 saturated heterocycles. The van der Waals surface area contributed by atoms with Crippen LogP contribution in [0.4, 0.5) is 17.1 Å². The first-order valence-corrected chi connectivity index (χ1v) is 17.1. The monoisotopic (exact) mass is 654 g/mol. The van der Waals surface area contributed by atoms with E-state index in [1.54, 1.807) is 0 Å². The maximum absolute atomic E-state index is 6.56. The van der Waals surface area contributed by atoms with Gasteiger partial charge < -0.3 is 13.7 Å². The van der Waals surface area contributed by atoms with E-state index in [2.05, 4.69) is 132 Å². The highest BCUT2D eigenvalue weighted by atomic mass is 16.4. The molecule has 0 radical (unpaired) electrons. The predicted octanol–water partition coefficient (Wildman–Crippen LogP) is 13.4. The molecule has 10 rings (SSSR count). The van der Waals surface area contributed by atoms with Crippen LogP contribution in [0.5, 0.6) is 0 Å². The Labute approximate surface area is 294 Å². The molecule has 51 heavy (non-hydrogen) atoms. The first-order chi connectivity index (χ1) is 25.3. The van der Waals surface area contributed by atoms with E-state index in [1.807, 2.05) is 54.6 Å². The third-order valence-electron chi connectivity index (χ3n) is 9.68. The van der Waals surface area contributed by atoms with Gasteiger partial charge in [0.2, 0.25) is 5.89 Å². The average Bonchev–Trinajstić information content (AvgIpc) is 3.80. The molecule has 0 fully saturated rings. The number of hydrogen-bond acceptors (Lipinski definition) is 4. The molecule has 2 heterocycles. The second-order valence-electron chi connectivity index (χ2n) is 12.8. The van der Waals surface area contributed by atoms with Gasteiger partial charge in [0.15, 0.2) is 5.58 Å². The van der Waals surface area contributed by atoms with Crippen molar-refractivity contribution in [2.24, 2.45) is 0 Å². The van der Waals surface area contributed by atoms with E-state index in [1.165, 1.54) is 16.3 Å². The van der Waals surface area contributed by atoms with Crippen LogP contribution in [0.3, 0.4) is 0 Å². The van der Waals surface area contributed by atoms with Gasteiger partial charge in [0.25, 0.3) is 0 Å². The van der Waals surface area contributed by atoms with Crippen LogP contribution < -0.4 is 4.90 Å². The number of anilines is 3. The lowest BCUT2D eigenvalue weighted by atomic mass is 9.97. The highest BCUT2D eigenvalue weighted by molar-refractivity contribution is 6.21. The number of para-hydroxylation sites is 2. The van der Waals surface area contributed by atoms with E-state index in [9.17, 15) is 0 Å². The van der Waals surface area contributed by atoms with Gasteiger partial charge in [-0.05, 0) is 69.9 Å². The zero-order valence-electron chi connectivity index (χ0n) is 27.5. The molecule has 0 N–H and O–H groups in total. The third-order valence-corrected chi connectivity index (χ3v) is 9.68. The highest BCUT2D eigenvalue weighted by Crippen LogP contribution is 2.50. The lowest BCUT2D eigenvalue weighted by Crippen LogP contribution is -2.12. The van der Waals surface area contributed by atoms with Gasteiger partial charge in [0.05, 0.1) is 16.8 Å². The summed E-state index contributed by atoms with van der Waals surface area (Å²) >= 11 is 0. The van der Waals surface area contributed by atoms with Crippen LogP contribution in [0.1, 0.15) is 0 Å². The zero-order valence-corrected chi connectivity index (χ0v) is 27.5. The molecule has 0 spiro atoms. The molecule has 2 aromatic heterocycles. The van der Waals surface area contributed by atoms with Crippen molar-refractivity contribution in [3.63, 3.8) is 0 Å². The van der Waals surface area contributed by atoms with Crippen molar-refractivity contribution >= 4 is 60.9 Å². The van der Waals surface area contributed by atoms with Gasteiger partial charge in [-0.25, -0.2) is 4.98 Å². The van der Waals surface area contributed by atoms with Gasteiger partial charge in [0.1, 0.15) is 16.7 Å². The van der Waals surface area contributed by atoms with Crippen molar-refractivity contribution in [2.45, 2.75) is 0 Å². The fourth-order valence-electron chi connectivity index (χ4n) is 7.26. The van der Waals surface area contributed by atoms with Crippen LogP contribution in [-0.2, 0) is 0 Å². The Morgan fingerprint density at radius 3 is 1.90 bits per heavy atom. The molecule has 8 aromatic carbocycles. The van der Waals surface area contributed by atoms with Crippen LogP contribution in [0, 0.1) is 0 Å². The van der Waals surface area contributed by atoms with E-state index in [0.717, 1.165) is 66.8 Å². The average molecular weight is 655 g/mol. The van der Waals surface area contributed by atoms with E-state index in [4.69, 9.17) is 13.8 Å². The summed E-state index contributed by atoms with van der Waals surface area (Å²) in [4.78, 5) is 7.59. The van der Waals surface area contributed by atoms with Crippen molar-refractivity contribution in [2.75, 3.05) is 4.90 Å². The minimum absolute atomic E-state index is 0.561. The summed E-state index contributed by atoms with van der Waals surface area (Å²) in [7, 11) is 0. The zero-order chi connectivity index (χ0) is 33.7. The Bertz CT molecular complexity index is 2850. The fourth-order valence-corrected chi connectivity index (χ4v) is 7.26. The van der Waals surface area contributed by atoms with E-state index in [0.29, 0.717) is 11.5 Å². The molecular weight excluding hydrogens is 625 g/mol. The topological polar surface area (TPSA) is 42.4 Å². The Kier molecular flexibility index (Phi) is 6.78. The van der Waals surface area contributed by atoms with Crippen molar-refractivity contribution < 1.29 is 8.83 Å². The van der Waals surface area contributed by atoms with Crippen LogP contribution in [0.2, 0.25) is 0 Å².